The minimum absolute atomic E-state index is 0.124. The molecule has 1 aromatic heterocycles. The minimum atomic E-state index is -3.81. The van der Waals surface area contributed by atoms with E-state index < -0.39 is 10.0 Å². The molecule has 0 saturated carbocycles. The number of para-hydroxylation sites is 1. The first-order valence-electron chi connectivity index (χ1n) is 7.58. The van der Waals surface area contributed by atoms with Crippen molar-refractivity contribution in [1.82, 2.24) is 10.2 Å². The molecule has 0 aliphatic rings. The normalized spacial score (nSPS) is 11.5. The molecule has 24 heavy (non-hydrogen) atoms. The number of hydrogen-bond acceptors (Lipinski definition) is 6. The van der Waals surface area contributed by atoms with Crippen LogP contribution in [-0.2, 0) is 14.8 Å². The third-order valence-electron chi connectivity index (χ3n) is 3.69. The highest BCUT2D eigenvalue weighted by molar-refractivity contribution is 7.94. The number of amides is 1. The van der Waals surface area contributed by atoms with Crippen molar-refractivity contribution in [2.24, 2.45) is 5.92 Å². The second-order valence-electron chi connectivity index (χ2n) is 5.18. The number of sulfonamides is 1. The Kier molecular flexibility index (Phi) is 5.89. The van der Waals surface area contributed by atoms with Crippen molar-refractivity contribution in [1.29, 1.82) is 0 Å². The van der Waals surface area contributed by atoms with Crippen LogP contribution in [0.4, 0.5) is 10.8 Å². The van der Waals surface area contributed by atoms with Gasteiger partial charge in [0.25, 0.3) is 14.4 Å². The molecule has 1 amide bonds. The van der Waals surface area contributed by atoms with Crippen molar-refractivity contribution in [3.05, 3.63) is 30.3 Å². The zero-order valence-corrected chi connectivity index (χ0v) is 15.4. The zero-order chi connectivity index (χ0) is 17.7. The van der Waals surface area contributed by atoms with Gasteiger partial charge in [0, 0.05) is 13.0 Å². The molecule has 0 saturated heterocycles. The lowest BCUT2D eigenvalue weighted by atomic mass is 10.0. The van der Waals surface area contributed by atoms with Crippen LogP contribution in [0.15, 0.2) is 34.7 Å². The summed E-state index contributed by atoms with van der Waals surface area (Å²) in [6.45, 7) is 3.86. The molecule has 7 nitrogen and oxygen atoms in total. The highest BCUT2D eigenvalue weighted by Gasteiger charge is 2.27. The van der Waals surface area contributed by atoms with Gasteiger partial charge in [-0.3, -0.25) is 9.10 Å². The van der Waals surface area contributed by atoms with Gasteiger partial charge in [-0.15, -0.1) is 10.2 Å². The van der Waals surface area contributed by atoms with Gasteiger partial charge in [0.2, 0.25) is 11.0 Å². The Morgan fingerprint density at radius 1 is 1.21 bits per heavy atom. The van der Waals surface area contributed by atoms with E-state index in [0.717, 1.165) is 15.6 Å². The summed E-state index contributed by atoms with van der Waals surface area (Å²) < 4.78 is 26.2. The average molecular weight is 368 g/mol. The van der Waals surface area contributed by atoms with Gasteiger partial charge >= 0.3 is 0 Å². The van der Waals surface area contributed by atoms with E-state index in [1.54, 1.807) is 30.3 Å². The van der Waals surface area contributed by atoms with Crippen LogP contribution in [0.5, 0.6) is 0 Å². The lowest BCUT2D eigenvalue weighted by Crippen LogP contribution is -2.26. The molecule has 0 atom stereocenters. The summed E-state index contributed by atoms with van der Waals surface area (Å²) in [5.41, 5.74) is 0.523. The molecular formula is C15H20N4O3S2. The molecule has 130 valence electrons. The third kappa shape index (κ3) is 3.90. The van der Waals surface area contributed by atoms with Crippen molar-refractivity contribution in [3.63, 3.8) is 0 Å². The smallest absolute Gasteiger partial charge is 0.293 e. The number of carbonyl (C=O) groups excluding carboxylic acids is 1. The maximum absolute atomic E-state index is 12.6. The van der Waals surface area contributed by atoms with Gasteiger partial charge in [0.1, 0.15) is 0 Å². The molecule has 0 fully saturated rings. The van der Waals surface area contributed by atoms with Gasteiger partial charge in [-0.2, -0.15) is 8.42 Å². The molecule has 0 spiro atoms. The summed E-state index contributed by atoms with van der Waals surface area (Å²) in [5.74, 6) is -0.294. The molecule has 0 bridgehead atoms. The number of aromatic nitrogens is 2. The SMILES string of the molecule is CCC(CC)C(=O)Nc1nnc(S(=O)(=O)N(C)c2ccccc2)s1. The second-order valence-corrected chi connectivity index (χ2v) is 8.30. The Morgan fingerprint density at radius 3 is 2.42 bits per heavy atom. The van der Waals surface area contributed by atoms with Gasteiger partial charge in [0.15, 0.2) is 0 Å². The van der Waals surface area contributed by atoms with Gasteiger partial charge in [-0.1, -0.05) is 43.4 Å². The lowest BCUT2D eigenvalue weighted by molar-refractivity contribution is -0.120. The number of nitrogens with one attached hydrogen (secondary N) is 1. The van der Waals surface area contributed by atoms with Crippen LogP contribution in [0.25, 0.3) is 0 Å². The molecule has 0 aliphatic heterocycles. The van der Waals surface area contributed by atoms with Crippen molar-refractivity contribution < 1.29 is 13.2 Å². The monoisotopic (exact) mass is 368 g/mol. The second kappa shape index (κ2) is 7.71. The van der Waals surface area contributed by atoms with Crippen LogP contribution >= 0.6 is 11.3 Å². The number of nitrogens with zero attached hydrogens (tertiary/aromatic N) is 3. The third-order valence-corrected chi connectivity index (χ3v) is 6.66. The molecule has 2 aromatic rings. The predicted molar refractivity (Wildman–Crippen MR) is 94.6 cm³/mol. The van der Waals surface area contributed by atoms with Crippen molar-refractivity contribution in [2.45, 2.75) is 31.0 Å². The number of carbonyl (C=O) groups is 1. The fourth-order valence-corrected chi connectivity index (χ4v) is 4.38. The maximum Gasteiger partial charge on any atom is 0.293 e. The van der Waals surface area contributed by atoms with E-state index in [1.807, 2.05) is 13.8 Å². The van der Waals surface area contributed by atoms with E-state index >= 15 is 0 Å². The Bertz CT molecular complexity index is 786. The standard InChI is InChI=1S/C15H20N4O3S2/c1-4-11(5-2)13(20)16-14-17-18-15(23-14)24(21,22)19(3)12-9-7-6-8-10-12/h6-11H,4-5H2,1-3H3,(H,16,17,20). The molecule has 0 radical (unpaired) electrons. The van der Waals surface area contributed by atoms with Crippen LogP contribution in [0.2, 0.25) is 0 Å². The minimum Gasteiger partial charge on any atom is -0.300 e. The molecule has 1 heterocycles. The van der Waals surface area contributed by atoms with E-state index in [4.69, 9.17) is 0 Å². The first kappa shape index (κ1) is 18.3. The van der Waals surface area contributed by atoms with Crippen LogP contribution in [0.3, 0.4) is 0 Å². The van der Waals surface area contributed by atoms with Gasteiger partial charge in [-0.05, 0) is 25.0 Å². The number of rotatable bonds is 7. The van der Waals surface area contributed by atoms with Crippen LogP contribution in [0, 0.1) is 5.92 Å². The topological polar surface area (TPSA) is 92.3 Å². The molecule has 2 rings (SSSR count). The Balaban J connectivity index is 2.19. The van der Waals surface area contributed by atoms with E-state index in [2.05, 4.69) is 15.5 Å². The summed E-state index contributed by atoms with van der Waals surface area (Å²) in [7, 11) is -2.36. The molecule has 1 aromatic carbocycles. The van der Waals surface area contributed by atoms with E-state index in [0.29, 0.717) is 18.5 Å². The quantitative estimate of drug-likeness (QED) is 0.759. The van der Waals surface area contributed by atoms with Crippen molar-refractivity contribution in [3.8, 4) is 0 Å². The van der Waals surface area contributed by atoms with E-state index in [-0.39, 0.29) is 21.3 Å². The fraction of sp³-hybridized carbons (Fsp3) is 0.400. The molecule has 0 aliphatic carbocycles. The first-order chi connectivity index (χ1) is 11.4. The average Bonchev–Trinajstić information content (AvgIpc) is 3.05. The highest BCUT2D eigenvalue weighted by Crippen LogP contribution is 2.26. The summed E-state index contributed by atoms with van der Waals surface area (Å²) in [4.78, 5) is 12.1. The van der Waals surface area contributed by atoms with E-state index in [1.165, 1.54) is 7.05 Å². The Labute approximate surface area is 145 Å². The van der Waals surface area contributed by atoms with Gasteiger partial charge in [0.05, 0.1) is 5.69 Å². The zero-order valence-electron chi connectivity index (χ0n) is 13.8. The molecule has 1 N–H and O–H groups in total. The summed E-state index contributed by atoms with van der Waals surface area (Å²) in [6.07, 6.45) is 1.42. The Morgan fingerprint density at radius 2 is 1.83 bits per heavy atom. The highest BCUT2D eigenvalue weighted by atomic mass is 32.2. The predicted octanol–water partition coefficient (Wildman–Crippen LogP) is 2.74. The first-order valence-corrected chi connectivity index (χ1v) is 9.84. The van der Waals surface area contributed by atoms with Crippen LogP contribution in [0.1, 0.15) is 26.7 Å². The molecular weight excluding hydrogens is 348 g/mol. The summed E-state index contributed by atoms with van der Waals surface area (Å²) in [6, 6.07) is 8.69. The van der Waals surface area contributed by atoms with Gasteiger partial charge in [-0.25, -0.2) is 0 Å². The lowest BCUT2D eigenvalue weighted by Gasteiger charge is -2.16. The summed E-state index contributed by atoms with van der Waals surface area (Å²) >= 11 is 0.846. The van der Waals surface area contributed by atoms with Crippen molar-refractivity contribution in [2.75, 3.05) is 16.7 Å². The number of anilines is 2. The summed E-state index contributed by atoms with van der Waals surface area (Å²) in [5, 5.41) is 10.3. The molecule has 0 unspecified atom stereocenters. The van der Waals surface area contributed by atoms with Crippen molar-refractivity contribution >= 4 is 38.1 Å². The number of hydrogen-bond donors (Lipinski definition) is 1. The fourth-order valence-electron chi connectivity index (χ4n) is 2.13. The maximum atomic E-state index is 12.6. The molecule has 9 heteroatoms. The van der Waals surface area contributed by atoms with Gasteiger partial charge < -0.3 is 5.32 Å². The largest absolute Gasteiger partial charge is 0.300 e. The van der Waals surface area contributed by atoms with Crippen LogP contribution < -0.4 is 9.62 Å². The Hall–Kier alpha value is -2.00. The number of benzene rings is 1. The van der Waals surface area contributed by atoms with Crippen LogP contribution in [-0.4, -0.2) is 31.6 Å². The van der Waals surface area contributed by atoms with E-state index in [9.17, 15) is 13.2 Å².